The van der Waals surface area contributed by atoms with Crippen molar-refractivity contribution >= 4 is 35.7 Å². The Morgan fingerprint density at radius 2 is 0.800 bits per heavy atom. The molecule has 0 amide bonds. The maximum atomic E-state index is 6.49. The molecule has 0 N–H and O–H groups in total. The molecule has 0 aromatic carbocycles. The van der Waals surface area contributed by atoms with Crippen molar-refractivity contribution in [3.05, 3.63) is 0 Å². The van der Waals surface area contributed by atoms with Gasteiger partial charge in [-0.25, -0.2) is 0 Å². The minimum atomic E-state index is -2.11. The average Bonchev–Trinajstić information content (AvgIpc) is 2.49. The Morgan fingerprint density at radius 3 is 0.950 bits per heavy atom. The second kappa shape index (κ2) is 8.37. The van der Waals surface area contributed by atoms with Crippen molar-refractivity contribution in [2.45, 2.75) is 77.8 Å². The van der Waals surface area contributed by atoms with Crippen LogP contribution in [0.2, 0.25) is 36.3 Å². The molecule has 0 aromatic heterocycles. The van der Waals surface area contributed by atoms with E-state index in [0.29, 0.717) is 0 Å². The molecule has 0 bridgehead atoms. The molecule has 1 aliphatic heterocycles. The maximum absolute atomic E-state index is 6.49. The fourth-order valence-corrected chi connectivity index (χ4v) is 19.0. The third kappa shape index (κ3) is 4.35. The summed E-state index contributed by atoms with van der Waals surface area (Å²) in [6.07, 6.45) is 0. The first kappa shape index (κ1) is 18.8. The van der Waals surface area contributed by atoms with Gasteiger partial charge in [-0.15, -0.1) is 0 Å². The number of hydrogen-bond donors (Lipinski definition) is 0. The van der Waals surface area contributed by atoms with Gasteiger partial charge >= 0.3 is 35.7 Å². The van der Waals surface area contributed by atoms with Crippen LogP contribution in [0.15, 0.2) is 0 Å². The zero-order chi connectivity index (χ0) is 15.2. The van der Waals surface area contributed by atoms with E-state index in [1.807, 2.05) is 0 Å². The second-order valence-electron chi connectivity index (χ2n) is 5.09. The van der Waals surface area contributed by atoms with Crippen molar-refractivity contribution in [1.82, 2.24) is 0 Å². The van der Waals surface area contributed by atoms with Gasteiger partial charge in [-0.05, 0) is 36.3 Å². The summed E-state index contributed by atoms with van der Waals surface area (Å²) >= 11 is 0. The molecule has 1 aliphatic rings. The van der Waals surface area contributed by atoms with Crippen LogP contribution in [0.4, 0.5) is 0 Å². The van der Waals surface area contributed by atoms with E-state index < -0.39 is 35.7 Å². The van der Waals surface area contributed by atoms with Crippen molar-refractivity contribution < 1.29 is 16.5 Å². The van der Waals surface area contributed by atoms with Gasteiger partial charge in [0.15, 0.2) is 0 Å². The highest BCUT2D eigenvalue weighted by Gasteiger charge is 2.49. The predicted molar refractivity (Wildman–Crippen MR) is 90.2 cm³/mol. The highest BCUT2D eigenvalue weighted by molar-refractivity contribution is 6.86. The van der Waals surface area contributed by atoms with Crippen molar-refractivity contribution in [2.24, 2.45) is 0 Å². The van der Waals surface area contributed by atoms with Crippen molar-refractivity contribution in [1.29, 1.82) is 0 Å². The van der Waals surface area contributed by atoms with Gasteiger partial charge in [-0.2, -0.15) is 0 Å². The molecule has 1 rings (SSSR count). The molecule has 1 heterocycles. The van der Waals surface area contributed by atoms with Crippen LogP contribution in [0.5, 0.6) is 0 Å². The zero-order valence-corrected chi connectivity index (χ0v) is 17.9. The Kier molecular flexibility index (Phi) is 7.85. The molecule has 118 valence electrons. The van der Waals surface area contributed by atoms with E-state index >= 15 is 0 Å². The fraction of sp³-hybridized carbons (Fsp3) is 1.00. The lowest BCUT2D eigenvalue weighted by Crippen LogP contribution is -2.60. The van der Waals surface area contributed by atoms with Gasteiger partial charge < -0.3 is 16.5 Å². The summed E-state index contributed by atoms with van der Waals surface area (Å²) in [6, 6.07) is 5.90. The molecule has 20 heavy (non-hydrogen) atoms. The van der Waals surface area contributed by atoms with Crippen molar-refractivity contribution in [3.8, 4) is 0 Å². The molecule has 8 heteroatoms. The second-order valence-corrected chi connectivity index (χ2v) is 17.7. The summed E-state index contributed by atoms with van der Waals surface area (Å²) in [7, 11) is -6.71. The predicted octanol–water partition coefficient (Wildman–Crippen LogP) is 4.05. The highest BCUT2D eigenvalue weighted by atomic mass is 28.5. The molecular weight excluding hydrogens is 320 g/mol. The SMILES string of the molecule is CC[Si]1O[Si](CC)(CC)O[Si](CC)O[Si](CC)(CC)O1. The largest absolute Gasteiger partial charge is 0.414 e. The lowest BCUT2D eigenvalue weighted by molar-refractivity contribution is 0.245. The van der Waals surface area contributed by atoms with Crippen LogP contribution in [0.25, 0.3) is 0 Å². The summed E-state index contributed by atoms with van der Waals surface area (Å²) in [5.74, 6) is 0. The molecule has 0 spiro atoms. The maximum Gasteiger partial charge on any atom is 0.365 e. The molecule has 0 atom stereocenters. The van der Waals surface area contributed by atoms with E-state index in [9.17, 15) is 0 Å². The van der Waals surface area contributed by atoms with Crippen LogP contribution >= 0.6 is 0 Å². The van der Waals surface area contributed by atoms with Crippen molar-refractivity contribution in [2.75, 3.05) is 0 Å². The Morgan fingerprint density at radius 1 is 0.550 bits per heavy atom. The Hall–Kier alpha value is 0.708. The van der Waals surface area contributed by atoms with Crippen LogP contribution in [0, 0.1) is 0 Å². The highest BCUT2D eigenvalue weighted by Crippen LogP contribution is 2.31. The Labute approximate surface area is 130 Å². The Balaban J connectivity index is 3.02. The minimum Gasteiger partial charge on any atom is -0.414 e. The first-order valence-corrected chi connectivity index (χ1v) is 15.5. The molecule has 0 unspecified atom stereocenters. The van der Waals surface area contributed by atoms with Gasteiger partial charge in [0, 0.05) is 0 Å². The first-order valence-electron chi connectivity index (χ1n) is 8.00. The smallest absolute Gasteiger partial charge is 0.365 e. The zero-order valence-electron chi connectivity index (χ0n) is 13.9. The number of rotatable bonds is 6. The van der Waals surface area contributed by atoms with Crippen LogP contribution in [-0.4, -0.2) is 35.7 Å². The Bertz CT molecular complexity index is 241. The van der Waals surface area contributed by atoms with Crippen molar-refractivity contribution in [3.63, 3.8) is 0 Å². The van der Waals surface area contributed by atoms with Gasteiger partial charge in [0.25, 0.3) is 0 Å². The van der Waals surface area contributed by atoms with Gasteiger partial charge in [0.2, 0.25) is 0 Å². The van der Waals surface area contributed by atoms with Crippen LogP contribution < -0.4 is 0 Å². The van der Waals surface area contributed by atoms with E-state index in [1.54, 1.807) is 0 Å². The van der Waals surface area contributed by atoms with E-state index in [-0.39, 0.29) is 0 Å². The normalized spacial score (nSPS) is 24.3. The summed E-state index contributed by atoms with van der Waals surface area (Å²) in [4.78, 5) is 0. The standard InChI is InChI=1S/C12H30O4Si4/c1-7-17-13-19(9-3,10-4)15-18(8-2)16-20(11-5,12-6)14-17/h7-12H2,1-6H3. The summed E-state index contributed by atoms with van der Waals surface area (Å²) in [5, 5.41) is 0. The van der Waals surface area contributed by atoms with E-state index in [0.717, 1.165) is 36.3 Å². The molecular formula is C12H30O4Si4. The lowest BCUT2D eigenvalue weighted by atomic mass is 10.9. The van der Waals surface area contributed by atoms with E-state index in [4.69, 9.17) is 16.5 Å². The van der Waals surface area contributed by atoms with Crippen LogP contribution in [0.1, 0.15) is 41.5 Å². The molecule has 4 nitrogen and oxygen atoms in total. The summed E-state index contributed by atoms with van der Waals surface area (Å²) in [6.45, 7) is 13.1. The fourth-order valence-electron chi connectivity index (χ4n) is 2.28. The minimum absolute atomic E-state index is 0.967. The first-order chi connectivity index (χ1) is 9.52. The third-order valence-electron chi connectivity index (χ3n) is 3.93. The van der Waals surface area contributed by atoms with Gasteiger partial charge in [0.05, 0.1) is 0 Å². The van der Waals surface area contributed by atoms with Gasteiger partial charge in [-0.3, -0.25) is 0 Å². The summed E-state index contributed by atoms with van der Waals surface area (Å²) in [5.41, 5.74) is 0. The molecule has 1 fully saturated rings. The van der Waals surface area contributed by atoms with Gasteiger partial charge in [-0.1, -0.05) is 41.5 Å². The topological polar surface area (TPSA) is 36.9 Å². The molecule has 0 aliphatic carbocycles. The third-order valence-corrected chi connectivity index (χ3v) is 19.0. The monoisotopic (exact) mass is 350 g/mol. The molecule has 0 saturated carbocycles. The molecule has 0 aromatic rings. The van der Waals surface area contributed by atoms with Crippen LogP contribution in [0.3, 0.4) is 0 Å². The van der Waals surface area contributed by atoms with Crippen LogP contribution in [-0.2, 0) is 16.5 Å². The summed E-state index contributed by atoms with van der Waals surface area (Å²) < 4.78 is 26.0. The number of hydrogen-bond acceptors (Lipinski definition) is 4. The molecule has 2 radical (unpaired) electrons. The van der Waals surface area contributed by atoms with E-state index in [1.165, 1.54) is 0 Å². The molecule has 1 saturated heterocycles. The average molecular weight is 351 g/mol. The van der Waals surface area contributed by atoms with E-state index in [2.05, 4.69) is 41.5 Å². The quantitative estimate of drug-likeness (QED) is 0.677. The lowest BCUT2D eigenvalue weighted by Gasteiger charge is -2.43. The van der Waals surface area contributed by atoms with Gasteiger partial charge in [0.1, 0.15) is 0 Å².